The number of hydrogen-bond acceptors (Lipinski definition) is 7. The Morgan fingerprint density at radius 3 is 2.32 bits per heavy atom. The number of aromatic nitrogens is 2. The minimum atomic E-state index is -3.88. The molecule has 10 heteroatoms. The molecule has 2 rings (SSSR count). The van der Waals surface area contributed by atoms with Gasteiger partial charge in [-0.15, -0.1) is 10.2 Å². The fourth-order valence-corrected chi connectivity index (χ4v) is 4.70. The quantitative estimate of drug-likeness (QED) is 0.638. The molecule has 28 heavy (non-hydrogen) atoms. The summed E-state index contributed by atoms with van der Waals surface area (Å²) in [6.07, 6.45) is 0.769. The van der Waals surface area contributed by atoms with Crippen molar-refractivity contribution in [2.24, 2.45) is 11.8 Å². The topological polar surface area (TPSA) is 110 Å². The lowest BCUT2D eigenvalue weighted by atomic mass is 10.1. The van der Waals surface area contributed by atoms with E-state index in [-0.39, 0.29) is 10.8 Å². The maximum Gasteiger partial charge on any atom is 0.244 e. The zero-order valence-electron chi connectivity index (χ0n) is 16.6. The Morgan fingerprint density at radius 2 is 1.79 bits per heavy atom. The number of amides is 1. The van der Waals surface area contributed by atoms with Gasteiger partial charge in [-0.25, -0.2) is 8.42 Å². The van der Waals surface area contributed by atoms with Crippen molar-refractivity contribution in [2.75, 3.05) is 12.4 Å². The molecule has 0 aliphatic heterocycles. The number of nitrogens with zero attached hydrogens (tertiary/aromatic N) is 2. The number of nitrogens with one attached hydrogen (secondary N) is 2. The van der Waals surface area contributed by atoms with Crippen LogP contribution < -0.4 is 14.8 Å². The molecule has 0 aliphatic carbocycles. The van der Waals surface area contributed by atoms with E-state index >= 15 is 0 Å². The van der Waals surface area contributed by atoms with E-state index in [0.29, 0.717) is 16.8 Å². The molecule has 8 nitrogen and oxygen atoms in total. The van der Waals surface area contributed by atoms with E-state index in [1.165, 1.54) is 30.6 Å². The van der Waals surface area contributed by atoms with Gasteiger partial charge < -0.3 is 4.74 Å². The number of anilines is 1. The van der Waals surface area contributed by atoms with Crippen LogP contribution in [0, 0.1) is 11.8 Å². The highest BCUT2D eigenvalue weighted by Gasteiger charge is 2.29. The minimum absolute atomic E-state index is 0.0573. The molecule has 2 N–H and O–H groups in total. The maximum absolute atomic E-state index is 12.7. The number of carbonyl (C=O) groups excluding carboxylic acids is 1. The first kappa shape index (κ1) is 22.3. The van der Waals surface area contributed by atoms with Crippen LogP contribution in [0.15, 0.2) is 29.2 Å². The summed E-state index contributed by atoms with van der Waals surface area (Å²) < 4.78 is 32.9. The number of methoxy groups -OCH3 is 1. The van der Waals surface area contributed by atoms with Crippen molar-refractivity contribution in [1.82, 2.24) is 14.9 Å². The summed E-state index contributed by atoms with van der Waals surface area (Å²) in [4.78, 5) is 12.7. The summed E-state index contributed by atoms with van der Waals surface area (Å²) in [6.45, 7) is 7.68. The summed E-state index contributed by atoms with van der Waals surface area (Å²) in [6, 6.07) is 5.01. The van der Waals surface area contributed by atoms with Gasteiger partial charge in [-0.05, 0) is 36.1 Å². The molecule has 154 valence electrons. The van der Waals surface area contributed by atoms with E-state index in [2.05, 4.69) is 34.1 Å². The van der Waals surface area contributed by atoms with Crippen LogP contribution in [0.25, 0.3) is 0 Å². The van der Waals surface area contributed by atoms with Crippen molar-refractivity contribution in [3.63, 3.8) is 0 Å². The van der Waals surface area contributed by atoms with Gasteiger partial charge in [0, 0.05) is 6.42 Å². The second kappa shape index (κ2) is 9.44. The standard InChI is InChI=1S/C18H26N4O4S2/c1-11(2)10-15-20-21-18(27-15)19-17(23)16(12(3)4)22-28(24,25)14-8-6-13(26-5)7-9-14/h6-9,11-12,16,22H,10H2,1-5H3,(H,19,21,23)/t16-/m0/s1. The molecular formula is C18H26N4O4S2. The molecule has 0 aliphatic rings. The van der Waals surface area contributed by atoms with Gasteiger partial charge in [-0.2, -0.15) is 4.72 Å². The third-order valence-electron chi connectivity index (χ3n) is 3.88. The Hall–Kier alpha value is -2.04. The van der Waals surface area contributed by atoms with Crippen LogP contribution in [0.4, 0.5) is 5.13 Å². The van der Waals surface area contributed by atoms with E-state index in [0.717, 1.165) is 11.4 Å². The number of sulfonamides is 1. The maximum atomic E-state index is 12.7. The van der Waals surface area contributed by atoms with Crippen LogP contribution in [0.3, 0.4) is 0 Å². The summed E-state index contributed by atoms with van der Waals surface area (Å²) in [5, 5.41) is 11.9. The molecule has 0 spiro atoms. The molecule has 0 saturated heterocycles. The highest BCUT2D eigenvalue weighted by molar-refractivity contribution is 7.89. The number of ether oxygens (including phenoxy) is 1. The minimum Gasteiger partial charge on any atom is -0.497 e. The molecule has 1 aromatic carbocycles. The van der Waals surface area contributed by atoms with Crippen LogP contribution in [0.5, 0.6) is 5.75 Å². The monoisotopic (exact) mass is 426 g/mol. The third-order valence-corrected chi connectivity index (χ3v) is 6.20. The van der Waals surface area contributed by atoms with Gasteiger partial charge in [0.05, 0.1) is 12.0 Å². The van der Waals surface area contributed by atoms with E-state index in [9.17, 15) is 13.2 Å². The van der Waals surface area contributed by atoms with Gasteiger partial charge in [-0.3, -0.25) is 10.1 Å². The summed E-state index contributed by atoms with van der Waals surface area (Å²) >= 11 is 1.29. The predicted octanol–water partition coefficient (Wildman–Crippen LogP) is 2.69. The zero-order valence-corrected chi connectivity index (χ0v) is 18.2. The SMILES string of the molecule is COc1ccc(S(=O)(=O)N[C@H](C(=O)Nc2nnc(CC(C)C)s2)C(C)C)cc1. The number of rotatable bonds is 9. The zero-order chi connectivity index (χ0) is 20.9. The number of benzene rings is 1. The lowest BCUT2D eigenvalue weighted by molar-refractivity contribution is -0.118. The van der Waals surface area contributed by atoms with Crippen LogP contribution in [-0.2, 0) is 21.2 Å². The molecule has 0 fully saturated rings. The van der Waals surface area contributed by atoms with E-state index in [1.807, 2.05) is 0 Å². The van der Waals surface area contributed by atoms with Gasteiger partial charge >= 0.3 is 0 Å². The number of hydrogen-bond donors (Lipinski definition) is 2. The molecule has 0 saturated carbocycles. The lowest BCUT2D eigenvalue weighted by Gasteiger charge is -2.21. The molecule has 1 atom stereocenters. The Morgan fingerprint density at radius 1 is 1.14 bits per heavy atom. The molecular weight excluding hydrogens is 400 g/mol. The van der Waals surface area contributed by atoms with Crippen LogP contribution in [0.1, 0.15) is 32.7 Å². The van der Waals surface area contributed by atoms with Crippen molar-refractivity contribution in [1.29, 1.82) is 0 Å². The largest absolute Gasteiger partial charge is 0.497 e. The van der Waals surface area contributed by atoms with Gasteiger partial charge in [0.25, 0.3) is 0 Å². The Bertz CT molecular complexity index is 893. The molecule has 0 radical (unpaired) electrons. The molecule has 2 aromatic rings. The van der Waals surface area contributed by atoms with Gasteiger partial charge in [0.15, 0.2) is 0 Å². The van der Waals surface area contributed by atoms with Crippen molar-refractivity contribution >= 4 is 32.4 Å². The second-order valence-corrected chi connectivity index (χ2v) is 9.88. The van der Waals surface area contributed by atoms with Crippen molar-refractivity contribution in [3.8, 4) is 5.75 Å². The van der Waals surface area contributed by atoms with Crippen LogP contribution >= 0.6 is 11.3 Å². The van der Waals surface area contributed by atoms with E-state index in [4.69, 9.17) is 4.74 Å². The summed E-state index contributed by atoms with van der Waals surface area (Å²) in [5.74, 6) is 0.234. The highest BCUT2D eigenvalue weighted by atomic mass is 32.2. The summed E-state index contributed by atoms with van der Waals surface area (Å²) in [5.41, 5.74) is 0. The lowest BCUT2D eigenvalue weighted by Crippen LogP contribution is -2.47. The van der Waals surface area contributed by atoms with Gasteiger partial charge in [0.2, 0.25) is 21.1 Å². The van der Waals surface area contributed by atoms with Crippen LogP contribution in [-0.4, -0.2) is 37.7 Å². The molecule has 1 heterocycles. The predicted molar refractivity (Wildman–Crippen MR) is 109 cm³/mol. The normalized spacial score (nSPS) is 13.0. The average molecular weight is 427 g/mol. The van der Waals surface area contributed by atoms with Crippen LogP contribution in [0.2, 0.25) is 0 Å². The first-order valence-corrected chi connectivity index (χ1v) is 11.2. The first-order valence-electron chi connectivity index (χ1n) is 8.92. The molecule has 1 aromatic heterocycles. The molecule has 0 unspecified atom stereocenters. The smallest absolute Gasteiger partial charge is 0.244 e. The third kappa shape index (κ3) is 5.98. The average Bonchev–Trinajstić information content (AvgIpc) is 3.05. The van der Waals surface area contributed by atoms with Gasteiger partial charge in [0.1, 0.15) is 16.8 Å². The van der Waals surface area contributed by atoms with E-state index < -0.39 is 22.0 Å². The fourth-order valence-electron chi connectivity index (χ4n) is 2.40. The van der Waals surface area contributed by atoms with Gasteiger partial charge in [-0.1, -0.05) is 39.0 Å². The highest BCUT2D eigenvalue weighted by Crippen LogP contribution is 2.20. The van der Waals surface area contributed by atoms with Crippen molar-refractivity contribution < 1.29 is 17.9 Å². The second-order valence-electron chi connectivity index (χ2n) is 7.11. The number of carbonyl (C=O) groups is 1. The molecule has 0 bridgehead atoms. The summed E-state index contributed by atoms with van der Waals surface area (Å²) in [7, 11) is -2.38. The Labute approximate surface area is 169 Å². The van der Waals surface area contributed by atoms with E-state index in [1.54, 1.807) is 26.0 Å². The Balaban J connectivity index is 2.12. The van der Waals surface area contributed by atoms with Crippen molar-refractivity contribution in [3.05, 3.63) is 29.3 Å². The first-order chi connectivity index (χ1) is 13.1. The Kier molecular flexibility index (Phi) is 7.50. The fraction of sp³-hybridized carbons (Fsp3) is 0.500. The van der Waals surface area contributed by atoms with Crippen molar-refractivity contribution in [2.45, 2.75) is 45.1 Å². The molecule has 1 amide bonds.